The number of pyridine rings is 1. The van der Waals surface area contributed by atoms with Gasteiger partial charge in [0.2, 0.25) is 10.0 Å². The van der Waals surface area contributed by atoms with E-state index >= 15 is 0 Å². The molecule has 0 radical (unpaired) electrons. The molecule has 1 aliphatic rings. The molecule has 1 aliphatic heterocycles. The zero-order valence-corrected chi connectivity index (χ0v) is 19.3. The van der Waals surface area contributed by atoms with Gasteiger partial charge in [0.05, 0.1) is 27.0 Å². The maximum Gasteiger partial charge on any atom is 0.258 e. The number of benzene rings is 2. The number of aromatic nitrogens is 1. The lowest BCUT2D eigenvalue weighted by Crippen LogP contribution is -2.26. The van der Waals surface area contributed by atoms with E-state index in [0.29, 0.717) is 27.7 Å². The zero-order chi connectivity index (χ0) is 22.5. The Labute approximate surface area is 186 Å². The molecule has 0 fully saturated rings. The third kappa shape index (κ3) is 3.71. The Kier molecular flexibility index (Phi) is 5.54. The Hall–Kier alpha value is -2.48. The Balaban J connectivity index is 1.91. The molecule has 0 N–H and O–H groups in total. The van der Waals surface area contributed by atoms with Crippen LogP contribution in [0.25, 0.3) is 10.9 Å². The molecule has 0 spiro atoms. The first kappa shape index (κ1) is 21.7. The quantitative estimate of drug-likeness (QED) is 0.519. The van der Waals surface area contributed by atoms with E-state index in [9.17, 15) is 17.6 Å². The van der Waals surface area contributed by atoms with Gasteiger partial charge in [-0.3, -0.25) is 14.1 Å². The summed E-state index contributed by atoms with van der Waals surface area (Å²) in [6, 6.07) is 7.39. The number of rotatable bonds is 5. The largest absolute Gasteiger partial charge is 0.477 e. The second-order valence-corrected chi connectivity index (χ2v) is 9.83. The van der Waals surface area contributed by atoms with Crippen molar-refractivity contribution in [1.82, 2.24) is 9.88 Å². The molecule has 1 unspecified atom stereocenters. The molecule has 7 nitrogen and oxygen atoms in total. The van der Waals surface area contributed by atoms with Crippen LogP contribution in [0.15, 0.2) is 36.5 Å². The number of amides is 1. The molecule has 4 rings (SSSR count). The minimum absolute atomic E-state index is 0.120. The Bertz CT molecular complexity index is 1340. The highest BCUT2D eigenvalue weighted by molar-refractivity contribution is 7.92. The molecule has 2 heterocycles. The Morgan fingerprint density at radius 1 is 1.35 bits per heavy atom. The van der Waals surface area contributed by atoms with E-state index in [-0.39, 0.29) is 35.3 Å². The van der Waals surface area contributed by atoms with Gasteiger partial charge in [0, 0.05) is 42.3 Å². The molecule has 0 saturated heterocycles. The average Bonchev–Trinajstić information content (AvgIpc) is 3.03. The maximum absolute atomic E-state index is 13.4. The number of halogens is 2. The van der Waals surface area contributed by atoms with E-state index in [1.54, 1.807) is 18.3 Å². The average molecular weight is 482 g/mol. The highest BCUT2D eigenvalue weighted by atomic mass is 35.5. The van der Waals surface area contributed by atoms with Crippen LogP contribution in [0.5, 0.6) is 5.75 Å². The number of carbonyl (C=O) groups excluding carboxylic acids is 1. The number of carbonyl (C=O) groups is 1. The standard InChI is InChI=1S/C20H18ClFN3O4PS/c1-24(31(2,27)28)18-13-4-3-7-23-17(13)19(29-30)16-14(18)10-25(20(16)26)9-11-5-6-12(22)8-15(11)21/h3-8H,9-10,30H2,1-2H3. The van der Waals surface area contributed by atoms with Crippen molar-refractivity contribution < 1.29 is 22.1 Å². The third-order valence-electron chi connectivity index (χ3n) is 5.25. The summed E-state index contributed by atoms with van der Waals surface area (Å²) in [6.45, 7) is 0.248. The summed E-state index contributed by atoms with van der Waals surface area (Å²) in [5.41, 5.74) is 2.06. The summed E-state index contributed by atoms with van der Waals surface area (Å²) in [6.07, 6.45) is 2.64. The van der Waals surface area contributed by atoms with Gasteiger partial charge in [0.25, 0.3) is 5.91 Å². The van der Waals surface area contributed by atoms with Gasteiger partial charge in [-0.25, -0.2) is 12.8 Å². The van der Waals surface area contributed by atoms with Crippen molar-refractivity contribution in [3.63, 3.8) is 0 Å². The van der Waals surface area contributed by atoms with Crippen LogP contribution in [0.4, 0.5) is 10.1 Å². The molecule has 0 bridgehead atoms. The topological polar surface area (TPSA) is 79.8 Å². The van der Waals surface area contributed by atoms with Crippen molar-refractivity contribution in [2.24, 2.45) is 0 Å². The lowest BCUT2D eigenvalue weighted by Gasteiger charge is -2.23. The second kappa shape index (κ2) is 7.89. The minimum atomic E-state index is -3.63. The fourth-order valence-electron chi connectivity index (χ4n) is 3.74. The molecule has 2 aromatic carbocycles. The molecule has 3 aromatic rings. The molecule has 1 aromatic heterocycles. The fraction of sp³-hybridized carbons (Fsp3) is 0.200. The molecule has 0 saturated carbocycles. The monoisotopic (exact) mass is 481 g/mol. The van der Waals surface area contributed by atoms with Gasteiger partial charge in [0.15, 0.2) is 5.75 Å². The van der Waals surface area contributed by atoms with Gasteiger partial charge in [-0.15, -0.1) is 0 Å². The van der Waals surface area contributed by atoms with E-state index in [0.717, 1.165) is 10.6 Å². The van der Waals surface area contributed by atoms with Gasteiger partial charge < -0.3 is 9.42 Å². The molecular formula is C20H18ClFN3O4PS. The van der Waals surface area contributed by atoms with Gasteiger partial charge in [-0.2, -0.15) is 0 Å². The van der Waals surface area contributed by atoms with Gasteiger partial charge in [0.1, 0.15) is 11.3 Å². The summed E-state index contributed by atoms with van der Waals surface area (Å²) in [4.78, 5) is 19.2. The lowest BCUT2D eigenvalue weighted by atomic mass is 10.0. The molecule has 162 valence electrons. The van der Waals surface area contributed by atoms with Crippen LogP contribution in [0, 0.1) is 5.82 Å². The normalized spacial score (nSPS) is 13.6. The van der Waals surface area contributed by atoms with Crippen molar-refractivity contribution in [1.29, 1.82) is 0 Å². The summed E-state index contributed by atoms with van der Waals surface area (Å²) >= 11 is 6.15. The number of anilines is 1. The van der Waals surface area contributed by atoms with Crippen LogP contribution in [-0.4, -0.2) is 37.5 Å². The number of hydrogen-bond acceptors (Lipinski definition) is 5. The molecule has 31 heavy (non-hydrogen) atoms. The highest BCUT2D eigenvalue weighted by Gasteiger charge is 2.37. The van der Waals surface area contributed by atoms with E-state index in [1.807, 2.05) is 0 Å². The third-order valence-corrected chi connectivity index (χ3v) is 7.01. The summed E-state index contributed by atoms with van der Waals surface area (Å²) in [7, 11) is -0.0769. The van der Waals surface area contributed by atoms with Crippen LogP contribution in [0.3, 0.4) is 0 Å². The van der Waals surface area contributed by atoms with Gasteiger partial charge >= 0.3 is 0 Å². The van der Waals surface area contributed by atoms with Crippen LogP contribution < -0.4 is 8.83 Å². The SMILES string of the molecule is CN(c1c2c(c(OP)c3ncccc13)C(=O)N(Cc1ccc(F)cc1Cl)C2)S(C)(=O)=O. The predicted molar refractivity (Wildman–Crippen MR) is 120 cm³/mol. The van der Waals surface area contributed by atoms with Crippen LogP contribution in [-0.2, 0) is 23.1 Å². The fourth-order valence-corrected chi connectivity index (χ4v) is 4.73. The van der Waals surface area contributed by atoms with Crippen LogP contribution in [0.1, 0.15) is 21.5 Å². The molecule has 1 amide bonds. The van der Waals surface area contributed by atoms with E-state index in [4.69, 9.17) is 16.1 Å². The van der Waals surface area contributed by atoms with Crippen molar-refractivity contribution in [2.45, 2.75) is 13.1 Å². The first-order valence-electron chi connectivity index (χ1n) is 9.11. The maximum atomic E-state index is 13.4. The first-order chi connectivity index (χ1) is 14.6. The van der Waals surface area contributed by atoms with Gasteiger partial charge in [-0.05, 0) is 29.8 Å². The molecular weight excluding hydrogens is 464 g/mol. The van der Waals surface area contributed by atoms with Crippen LogP contribution >= 0.6 is 21.1 Å². The number of fused-ring (bicyclic) bond motifs is 2. The summed E-state index contributed by atoms with van der Waals surface area (Å²) in [5, 5.41) is 0.743. The van der Waals surface area contributed by atoms with E-state index in [1.165, 1.54) is 30.1 Å². The predicted octanol–water partition coefficient (Wildman–Crippen LogP) is 3.75. The molecule has 0 aliphatic carbocycles. The highest BCUT2D eigenvalue weighted by Crippen LogP contribution is 2.45. The van der Waals surface area contributed by atoms with Crippen molar-refractivity contribution in [3.05, 3.63) is 64.1 Å². The second-order valence-electron chi connectivity index (χ2n) is 7.18. The van der Waals surface area contributed by atoms with Crippen LogP contribution in [0.2, 0.25) is 5.02 Å². The minimum Gasteiger partial charge on any atom is -0.477 e. The van der Waals surface area contributed by atoms with E-state index < -0.39 is 15.8 Å². The smallest absolute Gasteiger partial charge is 0.258 e. The van der Waals surface area contributed by atoms with Crippen molar-refractivity contribution >= 4 is 53.6 Å². The lowest BCUT2D eigenvalue weighted by molar-refractivity contribution is 0.0765. The van der Waals surface area contributed by atoms with Gasteiger partial charge in [-0.1, -0.05) is 17.7 Å². The number of hydrogen-bond donors (Lipinski definition) is 0. The van der Waals surface area contributed by atoms with Crippen molar-refractivity contribution in [2.75, 3.05) is 17.6 Å². The first-order valence-corrected chi connectivity index (χ1v) is 11.8. The molecule has 1 atom stereocenters. The summed E-state index contributed by atoms with van der Waals surface area (Å²) < 4.78 is 44.8. The number of nitrogens with zero attached hydrogens (tertiary/aromatic N) is 3. The number of sulfonamides is 1. The molecule has 11 heteroatoms. The van der Waals surface area contributed by atoms with E-state index in [2.05, 4.69) is 14.5 Å². The zero-order valence-electron chi connectivity index (χ0n) is 16.6. The van der Waals surface area contributed by atoms with Crippen molar-refractivity contribution in [3.8, 4) is 5.75 Å². The Morgan fingerprint density at radius 3 is 2.74 bits per heavy atom. The summed E-state index contributed by atoms with van der Waals surface area (Å²) in [5.74, 6) is -0.583. The Morgan fingerprint density at radius 2 is 2.10 bits per heavy atom.